The van der Waals surface area contributed by atoms with Gasteiger partial charge in [-0.05, 0) is 13.0 Å². The second kappa shape index (κ2) is 7.35. The normalized spacial score (nSPS) is 19.0. The van der Waals surface area contributed by atoms with Crippen LogP contribution in [0.1, 0.15) is 12.5 Å². The summed E-state index contributed by atoms with van der Waals surface area (Å²) in [7, 11) is 0. The zero-order chi connectivity index (χ0) is 18.7. The van der Waals surface area contributed by atoms with Crippen molar-refractivity contribution in [3.63, 3.8) is 0 Å². The van der Waals surface area contributed by atoms with E-state index in [1.54, 1.807) is 11.8 Å². The lowest BCUT2D eigenvalue weighted by atomic mass is 9.85. The van der Waals surface area contributed by atoms with Gasteiger partial charge in [0.2, 0.25) is 0 Å². The molecular weight excluding hydrogens is 342 g/mol. The van der Waals surface area contributed by atoms with E-state index in [1.165, 1.54) is 23.4 Å². The van der Waals surface area contributed by atoms with Crippen LogP contribution < -0.4 is 0 Å². The van der Waals surface area contributed by atoms with Crippen LogP contribution in [0.2, 0.25) is 0 Å². The van der Waals surface area contributed by atoms with E-state index in [2.05, 4.69) is 16.3 Å². The van der Waals surface area contributed by atoms with E-state index in [1.807, 2.05) is 4.90 Å². The summed E-state index contributed by atoms with van der Waals surface area (Å²) in [5, 5.41) is 24.5. The first-order valence-corrected chi connectivity index (χ1v) is 8.33. The molecule has 0 spiro atoms. The molecule has 0 radical (unpaired) electrons. The Balaban J connectivity index is 1.93. The van der Waals surface area contributed by atoms with Crippen LogP contribution >= 0.6 is 0 Å². The third kappa shape index (κ3) is 3.52. The van der Waals surface area contributed by atoms with E-state index in [0.29, 0.717) is 26.2 Å². The lowest BCUT2D eigenvalue weighted by Crippen LogP contribution is -2.57. The number of benzene rings is 1. The van der Waals surface area contributed by atoms with Crippen molar-refractivity contribution < 1.29 is 13.9 Å². The van der Waals surface area contributed by atoms with Crippen LogP contribution in [-0.4, -0.2) is 61.9 Å². The molecular formula is C17H20F2N6O. The van der Waals surface area contributed by atoms with Gasteiger partial charge in [-0.2, -0.15) is 10.4 Å². The van der Waals surface area contributed by atoms with Crippen LogP contribution in [0.15, 0.2) is 30.9 Å². The Bertz CT molecular complexity index is 785. The minimum Gasteiger partial charge on any atom is -0.381 e. The van der Waals surface area contributed by atoms with E-state index >= 15 is 0 Å². The number of hydrogen-bond donors (Lipinski definition) is 1. The molecule has 2 atom stereocenters. The fraction of sp³-hybridized carbons (Fsp3) is 0.471. The molecule has 1 N–H and O–H groups in total. The van der Waals surface area contributed by atoms with Crippen LogP contribution in [0.25, 0.3) is 0 Å². The third-order valence-corrected chi connectivity index (χ3v) is 4.96. The van der Waals surface area contributed by atoms with Gasteiger partial charge in [-0.3, -0.25) is 4.90 Å². The van der Waals surface area contributed by atoms with Gasteiger partial charge in [-0.25, -0.2) is 18.4 Å². The van der Waals surface area contributed by atoms with Crippen LogP contribution in [0.4, 0.5) is 8.78 Å². The minimum absolute atomic E-state index is 0.00427. The van der Waals surface area contributed by atoms with Gasteiger partial charge in [0.25, 0.3) is 0 Å². The zero-order valence-corrected chi connectivity index (χ0v) is 14.4. The number of hydrogen-bond acceptors (Lipinski definition) is 6. The second-order valence-corrected chi connectivity index (χ2v) is 6.44. The van der Waals surface area contributed by atoms with Crippen molar-refractivity contribution in [3.8, 4) is 6.19 Å². The lowest BCUT2D eigenvalue weighted by Gasteiger charge is -2.44. The molecule has 138 valence electrons. The van der Waals surface area contributed by atoms with Crippen molar-refractivity contribution in [2.75, 3.05) is 26.2 Å². The summed E-state index contributed by atoms with van der Waals surface area (Å²) in [5.41, 5.74) is -1.65. The third-order valence-electron chi connectivity index (χ3n) is 4.96. The van der Waals surface area contributed by atoms with E-state index in [9.17, 15) is 13.9 Å². The fourth-order valence-electron chi connectivity index (χ4n) is 3.36. The molecule has 2 heterocycles. The zero-order valence-electron chi connectivity index (χ0n) is 14.4. The number of aliphatic hydroxyl groups is 1. The Kier molecular flexibility index (Phi) is 5.15. The summed E-state index contributed by atoms with van der Waals surface area (Å²) in [5.74, 6) is -1.51. The first-order chi connectivity index (χ1) is 12.4. The molecule has 1 aliphatic heterocycles. The lowest BCUT2D eigenvalue weighted by molar-refractivity contribution is -0.0710. The molecule has 0 amide bonds. The maximum atomic E-state index is 14.5. The number of aromatic nitrogens is 3. The number of nitrogens with zero attached hydrogens (tertiary/aromatic N) is 6. The highest BCUT2D eigenvalue weighted by Gasteiger charge is 2.42. The van der Waals surface area contributed by atoms with E-state index in [4.69, 9.17) is 5.26 Å². The van der Waals surface area contributed by atoms with E-state index < -0.39 is 23.3 Å². The summed E-state index contributed by atoms with van der Waals surface area (Å²) in [6.07, 6.45) is 4.87. The predicted octanol–water partition coefficient (Wildman–Crippen LogP) is 0.931. The van der Waals surface area contributed by atoms with Crippen LogP contribution in [0.5, 0.6) is 0 Å². The molecule has 0 bridgehead atoms. The molecule has 0 unspecified atom stereocenters. The van der Waals surface area contributed by atoms with Crippen LogP contribution in [0, 0.1) is 23.1 Å². The quantitative estimate of drug-likeness (QED) is 0.797. The predicted molar refractivity (Wildman–Crippen MR) is 88.5 cm³/mol. The van der Waals surface area contributed by atoms with E-state index in [0.717, 1.165) is 12.1 Å². The van der Waals surface area contributed by atoms with Crippen molar-refractivity contribution >= 4 is 0 Å². The number of piperazine rings is 1. The Hall–Kier alpha value is -2.57. The van der Waals surface area contributed by atoms with Crippen molar-refractivity contribution in [3.05, 3.63) is 48.1 Å². The highest BCUT2D eigenvalue weighted by molar-refractivity contribution is 5.27. The molecule has 1 saturated heterocycles. The van der Waals surface area contributed by atoms with Crippen molar-refractivity contribution in [2.24, 2.45) is 0 Å². The second-order valence-electron chi connectivity index (χ2n) is 6.44. The topological polar surface area (TPSA) is 81.2 Å². The van der Waals surface area contributed by atoms with Gasteiger partial charge < -0.3 is 10.0 Å². The van der Waals surface area contributed by atoms with Crippen LogP contribution in [-0.2, 0) is 12.1 Å². The molecule has 1 aromatic heterocycles. The first kappa shape index (κ1) is 18.2. The van der Waals surface area contributed by atoms with Gasteiger partial charge in [0.1, 0.15) is 29.9 Å². The molecule has 2 aromatic rings. The largest absolute Gasteiger partial charge is 0.381 e. The average Bonchev–Trinajstić information content (AvgIpc) is 3.13. The summed E-state index contributed by atoms with van der Waals surface area (Å²) in [4.78, 5) is 7.49. The summed E-state index contributed by atoms with van der Waals surface area (Å²) < 4.78 is 29.3. The van der Waals surface area contributed by atoms with Gasteiger partial charge >= 0.3 is 0 Å². The standard InChI is InChI=1S/C17H20F2N6O/c1-13(24-6-4-23(10-20)5-7-24)17(26,9-25-12-21-11-22-25)15-3-2-14(18)8-16(15)19/h2-3,8,11-13,26H,4-7,9H2,1H3/t13-,17-/m1/s1. The Morgan fingerprint density at radius 2 is 2.04 bits per heavy atom. The maximum absolute atomic E-state index is 14.5. The highest BCUT2D eigenvalue weighted by atomic mass is 19.1. The Morgan fingerprint density at radius 1 is 1.31 bits per heavy atom. The van der Waals surface area contributed by atoms with Gasteiger partial charge in [0.05, 0.1) is 6.54 Å². The molecule has 3 rings (SSSR count). The maximum Gasteiger partial charge on any atom is 0.179 e. The molecule has 1 aromatic carbocycles. The molecule has 9 heteroatoms. The molecule has 1 fully saturated rings. The summed E-state index contributed by atoms with van der Waals surface area (Å²) >= 11 is 0. The van der Waals surface area contributed by atoms with Crippen LogP contribution in [0.3, 0.4) is 0 Å². The van der Waals surface area contributed by atoms with Gasteiger partial charge in [-0.1, -0.05) is 6.07 Å². The molecule has 1 aliphatic rings. The molecule has 0 saturated carbocycles. The average molecular weight is 362 g/mol. The van der Waals surface area contributed by atoms with Gasteiger partial charge in [0, 0.05) is 43.9 Å². The minimum atomic E-state index is -1.65. The Labute approximate surface area is 150 Å². The SMILES string of the molecule is C[C@@H](N1CCN(C#N)CC1)[C@](O)(Cn1cncn1)c1ccc(F)cc1F. The molecule has 26 heavy (non-hydrogen) atoms. The van der Waals surface area contributed by atoms with Crippen molar-refractivity contribution in [2.45, 2.75) is 25.1 Å². The highest BCUT2D eigenvalue weighted by Crippen LogP contribution is 2.33. The van der Waals surface area contributed by atoms with Crippen molar-refractivity contribution in [1.82, 2.24) is 24.6 Å². The number of rotatable bonds is 5. The monoisotopic (exact) mass is 362 g/mol. The first-order valence-electron chi connectivity index (χ1n) is 8.33. The summed E-state index contributed by atoms with van der Waals surface area (Å²) in [6, 6.07) is 2.67. The fourth-order valence-corrected chi connectivity index (χ4v) is 3.36. The van der Waals surface area contributed by atoms with E-state index in [-0.39, 0.29) is 12.1 Å². The smallest absolute Gasteiger partial charge is 0.179 e. The Morgan fingerprint density at radius 3 is 2.62 bits per heavy atom. The number of halogens is 2. The van der Waals surface area contributed by atoms with Gasteiger partial charge in [0.15, 0.2) is 6.19 Å². The molecule has 0 aliphatic carbocycles. The van der Waals surface area contributed by atoms with Crippen molar-refractivity contribution in [1.29, 1.82) is 5.26 Å². The molecule has 7 nitrogen and oxygen atoms in total. The summed E-state index contributed by atoms with van der Waals surface area (Å²) in [6.45, 7) is 3.93. The van der Waals surface area contributed by atoms with Gasteiger partial charge in [-0.15, -0.1) is 0 Å². The number of nitriles is 1.